The number of halogens is 2. The summed E-state index contributed by atoms with van der Waals surface area (Å²) in [7, 11) is 1.26. The molecule has 2 N–H and O–H groups in total. The summed E-state index contributed by atoms with van der Waals surface area (Å²) in [6, 6.07) is 5.74. The third kappa shape index (κ3) is 2.68. The van der Waals surface area contributed by atoms with Crippen LogP contribution in [0.5, 0.6) is 0 Å². The van der Waals surface area contributed by atoms with Gasteiger partial charge in [0.2, 0.25) is 5.90 Å². The summed E-state index contributed by atoms with van der Waals surface area (Å²) in [4.78, 5) is 0. The van der Waals surface area contributed by atoms with Crippen LogP contribution >= 0.6 is 12.4 Å². The highest BCUT2D eigenvalue weighted by Gasteiger charge is 2.17. The summed E-state index contributed by atoms with van der Waals surface area (Å²) >= 11 is 0. The Labute approximate surface area is 87.4 Å². The minimum atomic E-state index is -1.33. The van der Waals surface area contributed by atoms with Gasteiger partial charge in [-0.3, -0.25) is 5.41 Å². The summed E-state index contributed by atoms with van der Waals surface area (Å²) < 4.78 is 17.5. The van der Waals surface area contributed by atoms with E-state index in [0.717, 1.165) is 0 Å². The molecule has 14 heavy (non-hydrogen) atoms. The number of aliphatic hydroxyl groups excluding tert-OH is 1. The van der Waals surface area contributed by atoms with Gasteiger partial charge in [-0.2, -0.15) is 0 Å². The van der Waals surface area contributed by atoms with Gasteiger partial charge in [0.15, 0.2) is 6.10 Å². The molecule has 0 aliphatic rings. The van der Waals surface area contributed by atoms with Crippen molar-refractivity contribution in [2.24, 2.45) is 0 Å². The largest absolute Gasteiger partial charge is 0.482 e. The van der Waals surface area contributed by atoms with Crippen LogP contribution in [-0.2, 0) is 4.74 Å². The standard InChI is InChI=1S/C9H10FNO2.ClH/c1-13-9(11)8(12)6-4-2-3-5-7(6)10;/h2-5,8,11-12H,1H3;1H. The van der Waals surface area contributed by atoms with Gasteiger partial charge in [0.1, 0.15) is 5.82 Å². The zero-order chi connectivity index (χ0) is 9.84. The van der Waals surface area contributed by atoms with Crippen LogP contribution in [0.3, 0.4) is 0 Å². The second-order valence-electron chi connectivity index (χ2n) is 2.49. The maximum absolute atomic E-state index is 13.0. The number of aliphatic hydroxyl groups is 1. The smallest absolute Gasteiger partial charge is 0.214 e. The molecule has 78 valence electrons. The lowest BCUT2D eigenvalue weighted by Gasteiger charge is -2.11. The Hall–Kier alpha value is -1.13. The third-order valence-corrected chi connectivity index (χ3v) is 1.67. The van der Waals surface area contributed by atoms with Crippen molar-refractivity contribution in [3.8, 4) is 0 Å². The van der Waals surface area contributed by atoms with Gasteiger partial charge in [-0.05, 0) is 6.07 Å². The molecule has 0 saturated carbocycles. The molecule has 1 unspecified atom stereocenters. The van der Waals surface area contributed by atoms with E-state index in [4.69, 9.17) is 5.41 Å². The summed E-state index contributed by atoms with van der Waals surface area (Å²) in [5, 5.41) is 16.5. The zero-order valence-corrected chi connectivity index (χ0v) is 8.34. The topological polar surface area (TPSA) is 53.3 Å². The Morgan fingerprint density at radius 2 is 2.07 bits per heavy atom. The van der Waals surface area contributed by atoms with Crippen LogP contribution in [0.4, 0.5) is 4.39 Å². The van der Waals surface area contributed by atoms with Crippen LogP contribution in [0.1, 0.15) is 11.7 Å². The summed E-state index contributed by atoms with van der Waals surface area (Å²) in [6.45, 7) is 0. The van der Waals surface area contributed by atoms with Crippen LogP contribution in [0.25, 0.3) is 0 Å². The van der Waals surface area contributed by atoms with Crippen molar-refractivity contribution in [2.75, 3.05) is 7.11 Å². The number of benzene rings is 1. The average Bonchev–Trinajstić information content (AvgIpc) is 2.16. The van der Waals surface area contributed by atoms with Crippen molar-refractivity contribution in [3.05, 3.63) is 35.6 Å². The summed E-state index contributed by atoms with van der Waals surface area (Å²) in [5.74, 6) is -0.915. The van der Waals surface area contributed by atoms with Crippen molar-refractivity contribution in [1.29, 1.82) is 5.41 Å². The number of methoxy groups -OCH3 is 1. The average molecular weight is 220 g/mol. The first kappa shape index (κ1) is 12.9. The predicted octanol–water partition coefficient (Wildman–Crippen LogP) is 1.90. The lowest BCUT2D eigenvalue weighted by Crippen LogP contribution is -2.13. The molecule has 0 saturated heterocycles. The maximum Gasteiger partial charge on any atom is 0.214 e. The molecule has 0 aliphatic carbocycles. The Bertz CT molecular complexity index is 319. The van der Waals surface area contributed by atoms with Gasteiger partial charge in [-0.15, -0.1) is 12.4 Å². The Balaban J connectivity index is 0.00000169. The fourth-order valence-corrected chi connectivity index (χ4v) is 0.950. The van der Waals surface area contributed by atoms with E-state index in [1.54, 1.807) is 6.07 Å². The van der Waals surface area contributed by atoms with Crippen molar-refractivity contribution >= 4 is 18.3 Å². The summed E-state index contributed by atoms with van der Waals surface area (Å²) in [6.07, 6.45) is -1.33. The van der Waals surface area contributed by atoms with Gasteiger partial charge in [-0.25, -0.2) is 4.39 Å². The van der Waals surface area contributed by atoms with Crippen molar-refractivity contribution in [1.82, 2.24) is 0 Å². The molecule has 0 fully saturated rings. The van der Waals surface area contributed by atoms with Gasteiger partial charge in [0.25, 0.3) is 0 Å². The molecule has 1 rings (SSSR count). The first-order chi connectivity index (χ1) is 6.16. The number of rotatable bonds is 2. The third-order valence-electron chi connectivity index (χ3n) is 1.67. The van der Waals surface area contributed by atoms with E-state index in [0.29, 0.717) is 0 Å². The quantitative estimate of drug-likeness (QED) is 0.590. The minimum absolute atomic E-state index is 0. The highest BCUT2D eigenvalue weighted by atomic mass is 35.5. The van der Waals surface area contributed by atoms with E-state index in [1.807, 2.05) is 0 Å². The van der Waals surface area contributed by atoms with E-state index in [2.05, 4.69) is 4.74 Å². The lowest BCUT2D eigenvalue weighted by molar-refractivity contribution is 0.201. The van der Waals surface area contributed by atoms with Gasteiger partial charge in [0.05, 0.1) is 7.11 Å². The van der Waals surface area contributed by atoms with Crippen molar-refractivity contribution in [2.45, 2.75) is 6.10 Å². The second kappa shape index (κ2) is 5.57. The first-order valence-corrected chi connectivity index (χ1v) is 3.71. The van der Waals surface area contributed by atoms with Crippen LogP contribution in [0.2, 0.25) is 0 Å². The van der Waals surface area contributed by atoms with Crippen molar-refractivity contribution in [3.63, 3.8) is 0 Å². The Kier molecular flexibility index (Phi) is 5.12. The van der Waals surface area contributed by atoms with Gasteiger partial charge >= 0.3 is 0 Å². The molecule has 0 spiro atoms. The van der Waals surface area contributed by atoms with Crippen LogP contribution < -0.4 is 0 Å². The minimum Gasteiger partial charge on any atom is -0.482 e. The molecule has 1 aromatic carbocycles. The maximum atomic E-state index is 13.0. The molecule has 3 nitrogen and oxygen atoms in total. The molecule has 5 heteroatoms. The number of ether oxygens (including phenoxy) is 1. The van der Waals surface area contributed by atoms with Crippen LogP contribution in [0, 0.1) is 11.2 Å². The summed E-state index contributed by atoms with van der Waals surface area (Å²) in [5.41, 5.74) is 0.0503. The lowest BCUT2D eigenvalue weighted by atomic mass is 10.1. The SMILES string of the molecule is COC(=N)C(O)c1ccccc1F.Cl. The molecule has 0 heterocycles. The predicted molar refractivity (Wildman–Crippen MR) is 53.3 cm³/mol. The number of nitrogens with one attached hydrogen (secondary N) is 1. The van der Waals surface area contributed by atoms with E-state index in [9.17, 15) is 9.50 Å². The molecule has 1 aromatic rings. The second-order valence-corrected chi connectivity index (χ2v) is 2.49. The van der Waals surface area contributed by atoms with Gasteiger partial charge < -0.3 is 9.84 Å². The molecular weight excluding hydrogens is 209 g/mol. The molecule has 0 aromatic heterocycles. The van der Waals surface area contributed by atoms with Gasteiger partial charge in [0, 0.05) is 5.56 Å². The molecule has 0 aliphatic heterocycles. The number of hydrogen-bond acceptors (Lipinski definition) is 3. The molecule has 0 bridgehead atoms. The van der Waals surface area contributed by atoms with Crippen molar-refractivity contribution < 1.29 is 14.2 Å². The van der Waals surface area contributed by atoms with E-state index < -0.39 is 11.9 Å². The molecular formula is C9H11ClFNO2. The molecule has 0 amide bonds. The molecule has 1 atom stereocenters. The highest BCUT2D eigenvalue weighted by molar-refractivity contribution is 5.85. The van der Waals surface area contributed by atoms with Crippen LogP contribution in [0.15, 0.2) is 24.3 Å². The Morgan fingerprint density at radius 1 is 1.50 bits per heavy atom. The monoisotopic (exact) mass is 219 g/mol. The van der Waals surface area contributed by atoms with E-state index >= 15 is 0 Å². The fraction of sp³-hybridized carbons (Fsp3) is 0.222. The van der Waals surface area contributed by atoms with Gasteiger partial charge in [-0.1, -0.05) is 18.2 Å². The normalized spacial score (nSPS) is 11.4. The first-order valence-electron chi connectivity index (χ1n) is 3.71. The zero-order valence-electron chi connectivity index (χ0n) is 7.53. The number of hydrogen-bond donors (Lipinski definition) is 2. The van der Waals surface area contributed by atoms with E-state index in [1.165, 1.54) is 25.3 Å². The molecule has 0 radical (unpaired) electrons. The highest BCUT2D eigenvalue weighted by Crippen LogP contribution is 2.17. The van der Waals surface area contributed by atoms with Crippen LogP contribution in [-0.4, -0.2) is 18.1 Å². The fourth-order valence-electron chi connectivity index (χ4n) is 0.950. The van der Waals surface area contributed by atoms with E-state index in [-0.39, 0.29) is 23.9 Å². The Morgan fingerprint density at radius 3 is 2.57 bits per heavy atom.